The van der Waals surface area contributed by atoms with Gasteiger partial charge in [0, 0.05) is 56.0 Å². The van der Waals surface area contributed by atoms with E-state index < -0.39 is 5.91 Å². The van der Waals surface area contributed by atoms with E-state index in [4.69, 9.17) is 10.7 Å². The molecule has 1 aromatic carbocycles. The van der Waals surface area contributed by atoms with Crippen molar-refractivity contribution in [2.24, 2.45) is 5.73 Å². The molecule has 35 heavy (non-hydrogen) atoms. The number of nitrogens with one attached hydrogen (secondary N) is 1. The molecule has 0 spiro atoms. The molecule has 10 heteroatoms. The van der Waals surface area contributed by atoms with Crippen molar-refractivity contribution in [3.05, 3.63) is 66.0 Å². The summed E-state index contributed by atoms with van der Waals surface area (Å²) in [5, 5.41) is 4.44. The number of hydrogen-bond acceptors (Lipinski definition) is 6. The molecule has 4 aromatic rings. The van der Waals surface area contributed by atoms with Gasteiger partial charge in [-0.3, -0.25) is 24.4 Å². The summed E-state index contributed by atoms with van der Waals surface area (Å²) in [4.78, 5) is 51.1. The van der Waals surface area contributed by atoms with Gasteiger partial charge in [0.05, 0.1) is 23.6 Å². The second-order valence-electron chi connectivity index (χ2n) is 8.29. The predicted octanol–water partition coefficient (Wildman–Crippen LogP) is 1.98. The van der Waals surface area contributed by atoms with E-state index in [0.717, 1.165) is 27.6 Å². The molecule has 10 nitrogen and oxygen atoms in total. The van der Waals surface area contributed by atoms with Gasteiger partial charge in [-0.25, -0.2) is 4.98 Å². The monoisotopic (exact) mass is 469 g/mol. The third kappa shape index (κ3) is 3.88. The van der Waals surface area contributed by atoms with Crippen LogP contribution in [0.25, 0.3) is 33.3 Å². The van der Waals surface area contributed by atoms with Crippen LogP contribution in [0.15, 0.2) is 48.8 Å². The lowest BCUT2D eigenvalue weighted by atomic mass is 10.0. The summed E-state index contributed by atoms with van der Waals surface area (Å²) in [5.74, 6) is -0.565. The Morgan fingerprint density at radius 2 is 1.89 bits per heavy atom. The van der Waals surface area contributed by atoms with Crippen molar-refractivity contribution >= 4 is 28.5 Å². The molecular weight excluding hydrogens is 446 g/mol. The second kappa shape index (κ2) is 8.64. The number of aromatic nitrogens is 4. The number of carbonyl (C=O) groups excluding carboxylic acids is 3. The number of hydrogen-bond donors (Lipinski definition) is 2. The number of carbonyl (C=O) groups is 3. The maximum Gasteiger partial charge on any atom is 0.287 e. The Morgan fingerprint density at radius 1 is 1.06 bits per heavy atom. The van der Waals surface area contributed by atoms with Crippen molar-refractivity contribution < 1.29 is 14.4 Å². The number of amides is 3. The Kier molecular flexibility index (Phi) is 5.48. The van der Waals surface area contributed by atoms with E-state index in [1.54, 1.807) is 43.4 Å². The number of nitrogens with two attached hydrogens (primary N) is 1. The van der Waals surface area contributed by atoms with E-state index in [-0.39, 0.29) is 17.5 Å². The molecule has 176 valence electrons. The van der Waals surface area contributed by atoms with Gasteiger partial charge in [0.2, 0.25) is 5.91 Å². The first-order valence-electron chi connectivity index (χ1n) is 11.1. The number of pyridine rings is 2. The number of benzene rings is 1. The van der Waals surface area contributed by atoms with Crippen LogP contribution in [0.4, 0.5) is 0 Å². The first-order valence-corrected chi connectivity index (χ1v) is 11.1. The third-order valence-electron chi connectivity index (χ3n) is 6.21. The van der Waals surface area contributed by atoms with Crippen LogP contribution >= 0.6 is 0 Å². The molecule has 5 rings (SSSR count). The molecule has 0 unspecified atom stereocenters. The summed E-state index contributed by atoms with van der Waals surface area (Å²) in [6.07, 6.45) is 3.33. The van der Waals surface area contributed by atoms with Crippen molar-refractivity contribution in [3.63, 3.8) is 0 Å². The van der Waals surface area contributed by atoms with E-state index in [0.29, 0.717) is 36.8 Å². The number of rotatable bonds is 4. The maximum atomic E-state index is 12.6. The summed E-state index contributed by atoms with van der Waals surface area (Å²) in [6, 6.07) is 11.1. The normalized spacial score (nSPS) is 12.9. The largest absolute Gasteiger partial charge is 0.364 e. The summed E-state index contributed by atoms with van der Waals surface area (Å²) in [7, 11) is 1.57. The van der Waals surface area contributed by atoms with Crippen LogP contribution < -0.4 is 11.1 Å². The molecule has 1 aliphatic heterocycles. The Balaban J connectivity index is 1.62. The van der Waals surface area contributed by atoms with Crippen molar-refractivity contribution in [1.29, 1.82) is 0 Å². The predicted molar refractivity (Wildman–Crippen MR) is 129 cm³/mol. The lowest BCUT2D eigenvalue weighted by Gasteiger charge is -2.28. The molecule has 4 heterocycles. The minimum atomic E-state index is -0.587. The molecular formula is C25H23N7O3. The van der Waals surface area contributed by atoms with Gasteiger partial charge in [-0.1, -0.05) is 18.2 Å². The lowest BCUT2D eigenvalue weighted by Crippen LogP contribution is -2.38. The molecule has 3 amide bonds. The van der Waals surface area contributed by atoms with Gasteiger partial charge >= 0.3 is 0 Å². The quantitative estimate of drug-likeness (QED) is 0.469. The standard InChI is InChI=1S/C25H23N7O3/c1-14(33)31-8-9-32-21(13-31)22(30-24(32)25(35)27-2)17-5-3-4-15-10-20(29-12-18(15)17)16-6-7-19(23(26)34)28-11-16/h3-7,10-12H,8-9,13H2,1-2H3,(H2,26,34)(H,27,35). The average Bonchev–Trinajstić information content (AvgIpc) is 3.26. The highest BCUT2D eigenvalue weighted by Gasteiger charge is 2.29. The fraction of sp³-hybridized carbons (Fsp3) is 0.200. The van der Waals surface area contributed by atoms with E-state index in [1.165, 1.54) is 0 Å². The Labute approximate surface area is 200 Å². The van der Waals surface area contributed by atoms with Crippen LogP contribution in [0.2, 0.25) is 0 Å². The van der Waals surface area contributed by atoms with Crippen molar-refractivity contribution in [3.8, 4) is 22.5 Å². The third-order valence-corrected chi connectivity index (χ3v) is 6.21. The van der Waals surface area contributed by atoms with E-state index in [9.17, 15) is 14.4 Å². The fourth-order valence-electron chi connectivity index (χ4n) is 4.36. The summed E-state index contributed by atoms with van der Waals surface area (Å²) >= 11 is 0. The van der Waals surface area contributed by atoms with Gasteiger partial charge in [-0.15, -0.1) is 0 Å². The highest BCUT2D eigenvalue weighted by Crippen LogP contribution is 2.34. The first-order chi connectivity index (χ1) is 16.9. The smallest absolute Gasteiger partial charge is 0.287 e. The van der Waals surface area contributed by atoms with E-state index >= 15 is 0 Å². The highest BCUT2D eigenvalue weighted by molar-refractivity contribution is 5.99. The van der Waals surface area contributed by atoms with Gasteiger partial charge in [0.15, 0.2) is 5.82 Å². The SMILES string of the molecule is CNC(=O)c1nc(-c2cccc3cc(-c4ccc(C(N)=O)nc4)ncc23)c2n1CCN(C(C)=O)C2. The zero-order chi connectivity index (χ0) is 24.7. The molecule has 0 bridgehead atoms. The average molecular weight is 470 g/mol. The highest BCUT2D eigenvalue weighted by atomic mass is 16.2. The van der Waals surface area contributed by atoms with Crippen LogP contribution in [0.1, 0.15) is 33.7 Å². The molecule has 0 aliphatic carbocycles. The second-order valence-corrected chi connectivity index (χ2v) is 8.29. The molecule has 1 aliphatic rings. The zero-order valence-corrected chi connectivity index (χ0v) is 19.3. The Morgan fingerprint density at radius 3 is 2.57 bits per heavy atom. The van der Waals surface area contributed by atoms with Crippen LogP contribution in [0.3, 0.4) is 0 Å². The van der Waals surface area contributed by atoms with Crippen LogP contribution in [-0.4, -0.2) is 55.7 Å². The van der Waals surface area contributed by atoms with E-state index in [2.05, 4.69) is 15.3 Å². The molecule has 0 saturated heterocycles. The number of nitrogens with zero attached hydrogens (tertiary/aromatic N) is 5. The topological polar surface area (TPSA) is 136 Å². The Hall–Kier alpha value is -4.60. The molecule has 0 radical (unpaired) electrons. The maximum absolute atomic E-state index is 12.6. The van der Waals surface area contributed by atoms with Gasteiger partial charge in [0.1, 0.15) is 5.69 Å². The minimum absolute atomic E-state index is 0.0231. The van der Waals surface area contributed by atoms with E-state index in [1.807, 2.05) is 28.8 Å². The fourth-order valence-corrected chi connectivity index (χ4v) is 4.36. The van der Waals surface area contributed by atoms with Gasteiger partial charge in [0.25, 0.3) is 11.8 Å². The van der Waals surface area contributed by atoms with Crippen LogP contribution in [-0.2, 0) is 17.9 Å². The number of imidazole rings is 1. The molecule has 0 fully saturated rings. The van der Waals surface area contributed by atoms with Gasteiger partial charge < -0.3 is 20.5 Å². The van der Waals surface area contributed by atoms with Gasteiger partial charge in [-0.05, 0) is 23.6 Å². The molecule has 3 N–H and O–H groups in total. The lowest BCUT2D eigenvalue weighted by molar-refractivity contribution is -0.130. The molecule has 0 saturated carbocycles. The number of primary amides is 1. The van der Waals surface area contributed by atoms with Crippen molar-refractivity contribution in [2.45, 2.75) is 20.0 Å². The van der Waals surface area contributed by atoms with Crippen molar-refractivity contribution in [1.82, 2.24) is 29.7 Å². The van der Waals surface area contributed by atoms with Gasteiger partial charge in [-0.2, -0.15) is 0 Å². The molecule has 0 atom stereocenters. The zero-order valence-electron chi connectivity index (χ0n) is 19.3. The summed E-state index contributed by atoms with van der Waals surface area (Å²) in [6.45, 7) is 2.92. The first kappa shape index (κ1) is 22.2. The summed E-state index contributed by atoms with van der Waals surface area (Å²) < 4.78 is 1.89. The Bertz CT molecular complexity index is 1490. The minimum Gasteiger partial charge on any atom is -0.364 e. The van der Waals surface area contributed by atoms with Crippen molar-refractivity contribution in [2.75, 3.05) is 13.6 Å². The molecule has 3 aromatic heterocycles. The summed E-state index contributed by atoms with van der Waals surface area (Å²) in [5.41, 5.74) is 9.21. The van der Waals surface area contributed by atoms with Crippen LogP contribution in [0, 0.1) is 0 Å². The van der Waals surface area contributed by atoms with Crippen LogP contribution in [0.5, 0.6) is 0 Å². The number of fused-ring (bicyclic) bond motifs is 2.